The lowest BCUT2D eigenvalue weighted by Gasteiger charge is -2.37. The molecule has 16 heavy (non-hydrogen) atoms. The van der Waals surface area contributed by atoms with Gasteiger partial charge in [-0.1, -0.05) is 0 Å². The van der Waals surface area contributed by atoms with Crippen LogP contribution < -0.4 is 5.73 Å². The van der Waals surface area contributed by atoms with E-state index in [1.54, 1.807) is 0 Å². The summed E-state index contributed by atoms with van der Waals surface area (Å²) in [4.78, 5) is 4.65. The molecule has 7 heteroatoms. The molecule has 0 saturated carbocycles. The Morgan fingerprint density at radius 3 is 2.00 bits per heavy atom. The molecule has 3 N–H and O–H groups in total. The number of halogens is 3. The van der Waals surface area contributed by atoms with Gasteiger partial charge in [0.1, 0.15) is 0 Å². The van der Waals surface area contributed by atoms with E-state index in [1.807, 2.05) is 0 Å². The summed E-state index contributed by atoms with van der Waals surface area (Å²) in [6.45, 7) is 5.21. The molecule has 0 aromatic rings. The molecule has 1 unspecified atom stereocenters. The summed E-state index contributed by atoms with van der Waals surface area (Å²) in [5, 5.41) is 9.16. The predicted molar refractivity (Wildman–Crippen MR) is 75.4 cm³/mol. The number of aliphatic hydroxyl groups is 1. The Bertz CT molecular complexity index is 146. The third-order valence-corrected chi connectivity index (χ3v) is 2.76. The molecule has 0 aliphatic carbocycles. The van der Waals surface area contributed by atoms with Gasteiger partial charge in [-0.25, -0.2) is 0 Å². The van der Waals surface area contributed by atoms with Crippen molar-refractivity contribution >= 4 is 37.2 Å². The molecular formula is C9H24Cl3N3O. The molecular weight excluding hydrogens is 272 g/mol. The Morgan fingerprint density at radius 2 is 1.62 bits per heavy atom. The number of hydrogen-bond acceptors (Lipinski definition) is 4. The first-order valence-electron chi connectivity index (χ1n) is 5.01. The van der Waals surface area contributed by atoms with Gasteiger partial charge in [0.05, 0.1) is 6.61 Å². The molecule has 1 fully saturated rings. The van der Waals surface area contributed by atoms with Crippen LogP contribution in [0.15, 0.2) is 0 Å². The molecule has 1 rings (SSSR count). The van der Waals surface area contributed by atoms with Crippen LogP contribution in [0, 0.1) is 0 Å². The Labute approximate surface area is 117 Å². The maximum Gasteiger partial charge on any atom is 0.0587 e. The Hall–Kier alpha value is 0.710. The maximum absolute atomic E-state index is 9.16. The quantitative estimate of drug-likeness (QED) is 0.779. The summed E-state index contributed by atoms with van der Waals surface area (Å²) < 4.78 is 0. The fourth-order valence-electron chi connectivity index (χ4n) is 1.77. The van der Waals surface area contributed by atoms with Crippen molar-refractivity contribution in [3.8, 4) is 0 Å². The van der Waals surface area contributed by atoms with Crippen LogP contribution in [0.3, 0.4) is 0 Å². The smallest absolute Gasteiger partial charge is 0.0587 e. The van der Waals surface area contributed by atoms with E-state index < -0.39 is 0 Å². The molecule has 0 aromatic heterocycles. The highest BCUT2D eigenvalue weighted by molar-refractivity contribution is 5.86. The summed E-state index contributed by atoms with van der Waals surface area (Å²) >= 11 is 0. The number of aliphatic hydroxyl groups excluding tert-OH is 1. The third-order valence-electron chi connectivity index (χ3n) is 2.76. The van der Waals surface area contributed by atoms with Crippen LogP contribution in [0.2, 0.25) is 0 Å². The van der Waals surface area contributed by atoms with E-state index in [4.69, 9.17) is 10.8 Å². The first kappa shape index (κ1) is 21.9. The van der Waals surface area contributed by atoms with E-state index in [0.717, 1.165) is 32.6 Å². The lowest BCUT2D eigenvalue weighted by Crippen LogP contribution is -2.50. The van der Waals surface area contributed by atoms with Crippen LogP contribution in [-0.4, -0.2) is 67.3 Å². The highest BCUT2D eigenvalue weighted by atomic mass is 35.5. The number of hydrogen-bond donors (Lipinski definition) is 2. The minimum Gasteiger partial charge on any atom is -0.395 e. The highest BCUT2D eigenvalue weighted by Crippen LogP contribution is 2.07. The first-order chi connectivity index (χ1) is 6.27. The summed E-state index contributed by atoms with van der Waals surface area (Å²) in [7, 11) is 2.13. The average molecular weight is 297 g/mol. The largest absolute Gasteiger partial charge is 0.395 e. The van der Waals surface area contributed by atoms with Crippen molar-refractivity contribution in [2.24, 2.45) is 5.73 Å². The fraction of sp³-hybridized carbons (Fsp3) is 1.00. The monoisotopic (exact) mass is 295 g/mol. The van der Waals surface area contributed by atoms with Gasteiger partial charge in [-0.3, -0.25) is 4.90 Å². The molecule has 102 valence electrons. The van der Waals surface area contributed by atoms with Gasteiger partial charge in [0, 0.05) is 32.2 Å². The molecule has 0 amide bonds. The van der Waals surface area contributed by atoms with Gasteiger partial charge in [-0.05, 0) is 20.0 Å². The van der Waals surface area contributed by atoms with E-state index >= 15 is 0 Å². The van der Waals surface area contributed by atoms with Gasteiger partial charge < -0.3 is 15.7 Å². The number of nitrogens with zero attached hydrogens (tertiary/aromatic N) is 2. The van der Waals surface area contributed by atoms with Crippen LogP contribution in [0.1, 0.15) is 6.42 Å². The van der Waals surface area contributed by atoms with Crippen LogP contribution in [0.4, 0.5) is 0 Å². The zero-order valence-electron chi connectivity index (χ0n) is 9.67. The molecule has 1 aliphatic heterocycles. The van der Waals surface area contributed by atoms with Crippen molar-refractivity contribution in [3.05, 3.63) is 0 Å². The summed E-state index contributed by atoms with van der Waals surface area (Å²) in [5.74, 6) is 0. The maximum atomic E-state index is 9.16. The summed E-state index contributed by atoms with van der Waals surface area (Å²) in [6.07, 6.45) is 0.903. The van der Waals surface area contributed by atoms with E-state index in [9.17, 15) is 0 Å². The SMILES string of the molecule is CN1CCN(C(CO)CCN)CC1.Cl.Cl.Cl. The normalized spacial score (nSPS) is 18.9. The van der Waals surface area contributed by atoms with Gasteiger partial charge in [0.25, 0.3) is 0 Å². The van der Waals surface area contributed by atoms with Crippen molar-refractivity contribution in [2.75, 3.05) is 46.4 Å². The average Bonchev–Trinajstić information content (AvgIpc) is 2.16. The number of rotatable bonds is 4. The topological polar surface area (TPSA) is 52.7 Å². The second-order valence-electron chi connectivity index (χ2n) is 3.75. The van der Waals surface area contributed by atoms with Gasteiger partial charge >= 0.3 is 0 Å². The predicted octanol–water partition coefficient (Wildman–Crippen LogP) is 0.209. The molecule has 4 nitrogen and oxygen atoms in total. The van der Waals surface area contributed by atoms with Crippen molar-refractivity contribution < 1.29 is 5.11 Å². The van der Waals surface area contributed by atoms with Gasteiger partial charge in [-0.15, -0.1) is 37.2 Å². The van der Waals surface area contributed by atoms with Gasteiger partial charge in [0.2, 0.25) is 0 Å². The van der Waals surface area contributed by atoms with Crippen molar-refractivity contribution in [1.29, 1.82) is 0 Å². The first-order valence-corrected chi connectivity index (χ1v) is 5.01. The number of nitrogens with two attached hydrogens (primary N) is 1. The van der Waals surface area contributed by atoms with E-state index in [-0.39, 0.29) is 49.9 Å². The summed E-state index contributed by atoms with van der Waals surface area (Å²) in [6, 6.07) is 0.277. The molecule has 0 aromatic carbocycles. The third kappa shape index (κ3) is 7.12. The minimum absolute atomic E-state index is 0. The summed E-state index contributed by atoms with van der Waals surface area (Å²) in [5.41, 5.74) is 5.49. The van der Waals surface area contributed by atoms with Crippen LogP contribution >= 0.6 is 37.2 Å². The van der Waals surface area contributed by atoms with Gasteiger partial charge in [0.15, 0.2) is 0 Å². The molecule has 0 spiro atoms. The Morgan fingerprint density at radius 1 is 1.12 bits per heavy atom. The zero-order valence-corrected chi connectivity index (χ0v) is 12.1. The van der Waals surface area contributed by atoms with Crippen molar-refractivity contribution in [3.63, 3.8) is 0 Å². The lowest BCUT2D eigenvalue weighted by atomic mass is 10.1. The molecule has 1 aliphatic rings. The molecule has 0 bridgehead atoms. The minimum atomic E-state index is 0. The standard InChI is InChI=1S/C9H21N3O.3ClH/c1-11-4-6-12(7-5-11)9(8-13)2-3-10;;;/h9,13H,2-8,10H2,1H3;3*1H. The van der Waals surface area contributed by atoms with E-state index in [1.165, 1.54) is 0 Å². The second kappa shape index (κ2) is 12.2. The van der Waals surface area contributed by atoms with E-state index in [0.29, 0.717) is 6.54 Å². The number of likely N-dealkylation sites (N-methyl/N-ethyl adjacent to an activating group) is 1. The van der Waals surface area contributed by atoms with Crippen molar-refractivity contribution in [1.82, 2.24) is 9.80 Å². The molecule has 1 saturated heterocycles. The molecule has 1 heterocycles. The molecule has 1 atom stereocenters. The van der Waals surface area contributed by atoms with Crippen LogP contribution in [0.5, 0.6) is 0 Å². The van der Waals surface area contributed by atoms with Crippen LogP contribution in [0.25, 0.3) is 0 Å². The molecule has 0 radical (unpaired) electrons. The van der Waals surface area contributed by atoms with Crippen molar-refractivity contribution in [2.45, 2.75) is 12.5 Å². The van der Waals surface area contributed by atoms with Gasteiger partial charge in [-0.2, -0.15) is 0 Å². The zero-order chi connectivity index (χ0) is 9.68. The Balaban J connectivity index is -0.000000563. The Kier molecular flexibility index (Phi) is 16.7. The fourth-order valence-corrected chi connectivity index (χ4v) is 1.77. The highest BCUT2D eigenvalue weighted by Gasteiger charge is 2.20. The van der Waals surface area contributed by atoms with E-state index in [2.05, 4.69) is 16.8 Å². The second-order valence-corrected chi connectivity index (χ2v) is 3.75. The van der Waals surface area contributed by atoms with Crippen LogP contribution in [-0.2, 0) is 0 Å². The number of piperazine rings is 1. The lowest BCUT2D eigenvalue weighted by molar-refractivity contribution is 0.0718.